The van der Waals surface area contributed by atoms with Gasteiger partial charge in [-0.25, -0.2) is 0 Å². The highest BCUT2D eigenvalue weighted by Gasteiger charge is 2.23. The first-order chi connectivity index (χ1) is 14.0. The average molecular weight is 411 g/mol. The molecule has 0 saturated carbocycles. The molecule has 3 aromatic rings. The number of aromatic nitrogens is 3. The van der Waals surface area contributed by atoms with Crippen molar-refractivity contribution >= 4 is 17.7 Å². The predicted octanol–water partition coefficient (Wildman–Crippen LogP) is 3.77. The van der Waals surface area contributed by atoms with E-state index in [1.165, 1.54) is 17.3 Å². The number of methoxy groups -OCH3 is 1. The molecule has 2 aromatic carbocycles. The van der Waals surface area contributed by atoms with E-state index >= 15 is 0 Å². The third-order valence-electron chi connectivity index (χ3n) is 4.60. The molecule has 0 aliphatic heterocycles. The molecule has 0 saturated heterocycles. The Labute approximate surface area is 175 Å². The minimum atomic E-state index is -0.254. The van der Waals surface area contributed by atoms with Gasteiger partial charge in [0.15, 0.2) is 11.0 Å². The first kappa shape index (κ1) is 20.9. The maximum Gasteiger partial charge on any atom is 0.235 e. The molecule has 0 N–H and O–H groups in total. The standard InChI is InChI=1S/C22H26N4O2S/c1-16(21(27)25(2)3)29-22-24-23-20(18-12-8-9-13-19(18)28-4)26(22)15-14-17-10-6-5-7-11-17/h5-13,16H,14-15H2,1-4H3/t16-/m0/s1. The van der Waals surface area contributed by atoms with E-state index in [0.717, 1.165) is 28.7 Å². The van der Waals surface area contributed by atoms with Crippen molar-refractivity contribution in [1.82, 2.24) is 19.7 Å². The zero-order chi connectivity index (χ0) is 20.8. The van der Waals surface area contributed by atoms with Gasteiger partial charge in [0.25, 0.3) is 0 Å². The van der Waals surface area contributed by atoms with Crippen molar-refractivity contribution in [2.45, 2.75) is 30.3 Å². The maximum atomic E-state index is 12.3. The number of hydrogen-bond donors (Lipinski definition) is 0. The van der Waals surface area contributed by atoms with Gasteiger partial charge in [-0.3, -0.25) is 4.79 Å². The Kier molecular flexibility index (Phi) is 6.93. The van der Waals surface area contributed by atoms with Crippen molar-refractivity contribution in [2.24, 2.45) is 0 Å². The van der Waals surface area contributed by atoms with E-state index in [0.29, 0.717) is 6.54 Å². The lowest BCUT2D eigenvalue weighted by Crippen LogP contribution is -2.29. The van der Waals surface area contributed by atoms with Crippen LogP contribution in [0.25, 0.3) is 11.4 Å². The number of rotatable bonds is 8. The fourth-order valence-corrected chi connectivity index (χ4v) is 4.08. The van der Waals surface area contributed by atoms with Gasteiger partial charge in [0.2, 0.25) is 5.91 Å². The van der Waals surface area contributed by atoms with Crippen molar-refractivity contribution in [3.8, 4) is 17.1 Å². The number of aryl methyl sites for hydroxylation is 1. The summed E-state index contributed by atoms with van der Waals surface area (Å²) in [5.74, 6) is 1.53. The van der Waals surface area contributed by atoms with Crippen LogP contribution in [0.3, 0.4) is 0 Å². The van der Waals surface area contributed by atoms with Crippen LogP contribution in [-0.4, -0.2) is 52.0 Å². The Bertz CT molecular complexity index is 956. The van der Waals surface area contributed by atoms with E-state index < -0.39 is 0 Å². The van der Waals surface area contributed by atoms with Crippen molar-refractivity contribution < 1.29 is 9.53 Å². The molecule has 29 heavy (non-hydrogen) atoms. The van der Waals surface area contributed by atoms with Gasteiger partial charge in [-0.2, -0.15) is 0 Å². The predicted molar refractivity (Wildman–Crippen MR) is 116 cm³/mol. The summed E-state index contributed by atoms with van der Waals surface area (Å²) in [6.07, 6.45) is 0.838. The number of ether oxygens (including phenoxy) is 1. The Morgan fingerprint density at radius 3 is 2.48 bits per heavy atom. The number of carbonyl (C=O) groups is 1. The fraction of sp³-hybridized carbons (Fsp3) is 0.318. The van der Waals surface area contributed by atoms with Gasteiger partial charge < -0.3 is 14.2 Å². The van der Waals surface area contributed by atoms with Crippen LogP contribution in [0.1, 0.15) is 12.5 Å². The maximum absolute atomic E-state index is 12.3. The summed E-state index contributed by atoms with van der Waals surface area (Å²) in [6.45, 7) is 2.60. The third kappa shape index (κ3) is 4.98. The molecular formula is C22H26N4O2S. The molecule has 7 heteroatoms. The summed E-state index contributed by atoms with van der Waals surface area (Å²) in [5.41, 5.74) is 2.12. The molecule has 0 aliphatic carbocycles. The summed E-state index contributed by atoms with van der Waals surface area (Å²) in [7, 11) is 5.18. The molecule has 152 valence electrons. The number of amides is 1. The van der Waals surface area contributed by atoms with E-state index in [-0.39, 0.29) is 11.2 Å². The Morgan fingerprint density at radius 2 is 1.79 bits per heavy atom. The molecule has 1 heterocycles. The molecule has 0 fully saturated rings. The fourth-order valence-electron chi connectivity index (χ4n) is 3.06. The number of carbonyl (C=O) groups excluding carboxylic acids is 1. The molecule has 0 aliphatic rings. The second-order valence-corrected chi connectivity index (χ2v) is 8.19. The molecular weight excluding hydrogens is 384 g/mol. The normalized spacial score (nSPS) is 11.9. The van der Waals surface area contributed by atoms with Crippen molar-refractivity contribution in [3.63, 3.8) is 0 Å². The van der Waals surface area contributed by atoms with Gasteiger partial charge in [0, 0.05) is 20.6 Å². The van der Waals surface area contributed by atoms with Crippen LogP contribution in [-0.2, 0) is 17.8 Å². The number of para-hydroxylation sites is 1. The summed E-state index contributed by atoms with van der Waals surface area (Å²) in [6, 6.07) is 18.1. The van der Waals surface area contributed by atoms with E-state index in [1.54, 1.807) is 26.1 Å². The SMILES string of the molecule is COc1ccccc1-c1nnc(S[C@@H](C)C(=O)N(C)C)n1CCc1ccccc1. The van der Waals surface area contributed by atoms with Gasteiger partial charge in [0.05, 0.1) is 17.9 Å². The van der Waals surface area contributed by atoms with Crippen LogP contribution in [0.2, 0.25) is 0 Å². The zero-order valence-corrected chi connectivity index (χ0v) is 18.0. The molecule has 0 spiro atoms. The molecule has 0 bridgehead atoms. The first-order valence-corrected chi connectivity index (χ1v) is 10.4. The van der Waals surface area contributed by atoms with Gasteiger partial charge in [0.1, 0.15) is 5.75 Å². The van der Waals surface area contributed by atoms with Crippen LogP contribution in [0.5, 0.6) is 5.75 Å². The largest absolute Gasteiger partial charge is 0.496 e. The van der Waals surface area contributed by atoms with Crippen LogP contribution in [0, 0.1) is 0 Å². The number of nitrogens with zero attached hydrogens (tertiary/aromatic N) is 4. The van der Waals surface area contributed by atoms with Crippen molar-refractivity contribution in [2.75, 3.05) is 21.2 Å². The molecule has 1 atom stereocenters. The summed E-state index contributed by atoms with van der Waals surface area (Å²) in [5, 5.41) is 9.34. The minimum Gasteiger partial charge on any atom is -0.496 e. The minimum absolute atomic E-state index is 0.0476. The van der Waals surface area contributed by atoms with E-state index in [9.17, 15) is 4.79 Å². The van der Waals surface area contributed by atoms with Crippen molar-refractivity contribution in [1.29, 1.82) is 0 Å². The monoisotopic (exact) mass is 410 g/mol. The number of benzene rings is 2. The van der Waals surface area contributed by atoms with Crippen LogP contribution < -0.4 is 4.74 Å². The van der Waals surface area contributed by atoms with Crippen molar-refractivity contribution in [3.05, 3.63) is 60.2 Å². The quantitative estimate of drug-likeness (QED) is 0.529. The topological polar surface area (TPSA) is 60.3 Å². The van der Waals surface area contributed by atoms with E-state index in [4.69, 9.17) is 4.74 Å². The molecule has 0 radical (unpaired) electrons. The first-order valence-electron chi connectivity index (χ1n) is 9.49. The van der Waals surface area contributed by atoms with E-state index in [1.807, 2.05) is 49.4 Å². The van der Waals surface area contributed by atoms with Crippen LogP contribution in [0.15, 0.2) is 59.8 Å². The zero-order valence-electron chi connectivity index (χ0n) is 17.2. The second-order valence-electron chi connectivity index (χ2n) is 6.89. The molecule has 1 aromatic heterocycles. The molecule has 1 amide bonds. The number of hydrogen-bond acceptors (Lipinski definition) is 5. The third-order valence-corrected chi connectivity index (χ3v) is 5.67. The molecule has 3 rings (SSSR count). The van der Waals surface area contributed by atoms with Gasteiger partial charge in [-0.15, -0.1) is 10.2 Å². The Morgan fingerprint density at radius 1 is 1.10 bits per heavy atom. The van der Waals surface area contributed by atoms with Gasteiger partial charge >= 0.3 is 0 Å². The van der Waals surface area contributed by atoms with Gasteiger partial charge in [-0.05, 0) is 31.0 Å². The van der Waals surface area contributed by atoms with E-state index in [2.05, 4.69) is 26.9 Å². The lowest BCUT2D eigenvalue weighted by molar-refractivity contribution is -0.127. The summed E-state index contributed by atoms with van der Waals surface area (Å²) >= 11 is 1.43. The molecule has 0 unspecified atom stereocenters. The average Bonchev–Trinajstić information content (AvgIpc) is 3.14. The summed E-state index contributed by atoms with van der Waals surface area (Å²) in [4.78, 5) is 13.9. The lowest BCUT2D eigenvalue weighted by Gasteiger charge is -2.17. The Balaban J connectivity index is 1.95. The number of thioether (sulfide) groups is 1. The molecule has 6 nitrogen and oxygen atoms in total. The second kappa shape index (κ2) is 9.60. The van der Waals surface area contributed by atoms with Crippen LogP contribution >= 0.6 is 11.8 Å². The highest BCUT2D eigenvalue weighted by Crippen LogP contribution is 2.32. The summed E-state index contributed by atoms with van der Waals surface area (Å²) < 4.78 is 7.61. The highest BCUT2D eigenvalue weighted by molar-refractivity contribution is 8.00. The lowest BCUT2D eigenvalue weighted by atomic mass is 10.1. The van der Waals surface area contributed by atoms with Crippen LogP contribution in [0.4, 0.5) is 0 Å². The highest BCUT2D eigenvalue weighted by atomic mass is 32.2. The smallest absolute Gasteiger partial charge is 0.235 e. The van der Waals surface area contributed by atoms with Gasteiger partial charge in [-0.1, -0.05) is 54.2 Å². The Hall–Kier alpha value is -2.80.